The number of H-pyrrole nitrogens is 1. The van der Waals surface area contributed by atoms with Gasteiger partial charge >= 0.3 is 11.0 Å². The third-order valence-corrected chi connectivity index (χ3v) is 12.9. The number of alkyl halides is 3. The summed E-state index contributed by atoms with van der Waals surface area (Å²) >= 11 is 2.45. The molecule has 0 radical (unpaired) electrons. The number of nitro groups is 1. The molecular formula is C34H26F3N3O6S2. The van der Waals surface area contributed by atoms with Crippen LogP contribution in [0.2, 0.25) is 0 Å². The van der Waals surface area contributed by atoms with E-state index in [-0.39, 0.29) is 45.9 Å². The van der Waals surface area contributed by atoms with Gasteiger partial charge in [-0.3, -0.25) is 29.4 Å². The number of non-ortho nitro benzene ring substituents is 1. The quantitative estimate of drug-likeness (QED) is 0.132. The largest absolute Gasteiger partial charge is 0.489 e. The number of carbonyl (C=O) groups excluding carboxylic acids is 2. The van der Waals surface area contributed by atoms with E-state index in [1.807, 2.05) is 31.2 Å². The minimum absolute atomic E-state index is 0.116. The van der Waals surface area contributed by atoms with Gasteiger partial charge in [0.05, 0.1) is 33.0 Å². The highest BCUT2D eigenvalue weighted by atomic mass is 32.2. The van der Waals surface area contributed by atoms with Crippen LogP contribution in [0.4, 0.5) is 24.5 Å². The number of aryl methyl sites for hydroxylation is 1. The van der Waals surface area contributed by atoms with E-state index in [1.165, 1.54) is 36.0 Å². The number of ether oxygens (including phenoxy) is 1. The van der Waals surface area contributed by atoms with E-state index >= 15 is 0 Å². The van der Waals surface area contributed by atoms with Gasteiger partial charge in [-0.25, -0.2) is 0 Å². The second-order valence-corrected chi connectivity index (χ2v) is 14.9. The first-order chi connectivity index (χ1) is 22.9. The summed E-state index contributed by atoms with van der Waals surface area (Å²) in [7, 11) is 0. The lowest BCUT2D eigenvalue weighted by molar-refractivity contribution is -0.385. The highest BCUT2D eigenvalue weighted by molar-refractivity contribution is 8.00. The number of aromatic amines is 1. The number of carbonyl (C=O) groups is 2. The lowest BCUT2D eigenvalue weighted by atomic mass is 9.68. The molecule has 1 aromatic heterocycles. The van der Waals surface area contributed by atoms with Gasteiger partial charge in [0, 0.05) is 33.7 Å². The Balaban J connectivity index is 1.21. The maximum atomic E-state index is 14.1. The standard InChI is InChI=1S/C34H26F3N3O6S2/c1-15-5-2-3-6-16(15)14-46-23-10-9-19(40(44)45)12-20(23)24-25-21-13-22(28(25)47-30-29(24)48-33(43)38-30)27-26(21)31(41)39(32(27)42)18-8-4-7-17(11-18)34(35,36)37/h2-12,21-22,24-28H,13-14H2,1H3,(H,38,43)/t21-,22-,24?,25?,26?,27?,28?/m1/s1. The molecule has 7 atom stereocenters. The van der Waals surface area contributed by atoms with E-state index in [0.29, 0.717) is 27.6 Å². The molecule has 2 aliphatic carbocycles. The number of amides is 2. The van der Waals surface area contributed by atoms with Gasteiger partial charge in [-0.2, -0.15) is 13.2 Å². The first kappa shape index (κ1) is 30.9. The predicted octanol–water partition coefficient (Wildman–Crippen LogP) is 6.93. The molecule has 2 amide bonds. The Morgan fingerprint density at radius 1 is 1.00 bits per heavy atom. The van der Waals surface area contributed by atoms with Crippen molar-refractivity contribution in [3.63, 3.8) is 0 Å². The zero-order chi connectivity index (χ0) is 33.6. The minimum Gasteiger partial charge on any atom is -0.489 e. The average Bonchev–Trinajstić information content (AvgIpc) is 3.79. The summed E-state index contributed by atoms with van der Waals surface area (Å²) in [6.45, 7) is 2.15. The summed E-state index contributed by atoms with van der Waals surface area (Å²) in [5.41, 5.74) is 1.22. The Morgan fingerprint density at radius 3 is 2.48 bits per heavy atom. The van der Waals surface area contributed by atoms with Gasteiger partial charge in [-0.1, -0.05) is 41.7 Å². The maximum absolute atomic E-state index is 14.1. The fourth-order valence-electron chi connectivity index (χ4n) is 8.39. The molecule has 2 aliphatic heterocycles. The van der Waals surface area contributed by atoms with Crippen molar-refractivity contribution in [1.82, 2.24) is 4.98 Å². The molecule has 4 aromatic rings. The molecule has 1 N–H and O–H groups in total. The molecule has 3 fully saturated rings. The summed E-state index contributed by atoms with van der Waals surface area (Å²) in [6.07, 6.45) is -4.11. The molecule has 14 heteroatoms. The number of anilines is 1. The highest BCUT2D eigenvalue weighted by Crippen LogP contribution is 2.69. The smallest absolute Gasteiger partial charge is 0.416 e. The Bertz CT molecular complexity index is 2080. The number of hydrogen-bond acceptors (Lipinski definition) is 8. The Labute approximate surface area is 279 Å². The molecule has 9 nitrogen and oxygen atoms in total. The third kappa shape index (κ3) is 4.71. The summed E-state index contributed by atoms with van der Waals surface area (Å²) in [4.78, 5) is 56.5. The molecule has 3 aromatic carbocycles. The number of halogens is 3. The second-order valence-electron chi connectivity index (χ2n) is 12.7. The SMILES string of the molecule is Cc1ccccc1COc1ccc([N+](=O)[O-])cc1C1c2sc(=O)[nH]c2SC2C1[C@H]1C[C@@H]2C2C(=O)N(c3cccc(C(F)(F)F)c3)C(=O)C21. The van der Waals surface area contributed by atoms with Crippen molar-refractivity contribution in [2.45, 2.75) is 42.3 Å². The van der Waals surface area contributed by atoms with Crippen LogP contribution in [0, 0.1) is 46.6 Å². The van der Waals surface area contributed by atoms with Gasteiger partial charge < -0.3 is 9.72 Å². The number of imide groups is 1. The Kier molecular flexibility index (Phi) is 7.11. The van der Waals surface area contributed by atoms with Gasteiger partial charge in [0.25, 0.3) is 5.69 Å². The normalized spacial score (nSPS) is 27.2. The van der Waals surface area contributed by atoms with Gasteiger partial charge in [0.1, 0.15) is 12.4 Å². The molecule has 4 aliphatic rings. The number of rotatable bonds is 6. The van der Waals surface area contributed by atoms with Crippen LogP contribution in [0.5, 0.6) is 5.75 Å². The van der Waals surface area contributed by atoms with Crippen LogP contribution in [-0.2, 0) is 22.4 Å². The first-order valence-electron chi connectivity index (χ1n) is 15.3. The molecule has 48 heavy (non-hydrogen) atoms. The fraction of sp³-hybridized carbons (Fsp3) is 0.324. The van der Waals surface area contributed by atoms with Crippen molar-refractivity contribution >= 4 is 46.3 Å². The van der Waals surface area contributed by atoms with Crippen molar-refractivity contribution in [3.05, 3.63) is 114 Å². The zero-order valence-electron chi connectivity index (χ0n) is 25.1. The molecule has 5 unspecified atom stereocenters. The van der Waals surface area contributed by atoms with E-state index < -0.39 is 46.2 Å². The lowest BCUT2D eigenvalue weighted by Gasteiger charge is -2.43. The van der Waals surface area contributed by atoms with Crippen LogP contribution >= 0.6 is 23.1 Å². The highest BCUT2D eigenvalue weighted by Gasteiger charge is 2.70. The lowest BCUT2D eigenvalue weighted by Crippen LogP contribution is -2.42. The molecule has 8 rings (SSSR count). The van der Waals surface area contributed by atoms with Crippen LogP contribution in [-0.4, -0.2) is 27.0 Å². The molecule has 1 saturated heterocycles. The van der Waals surface area contributed by atoms with Gasteiger partial charge in [-0.05, 0) is 66.5 Å². The summed E-state index contributed by atoms with van der Waals surface area (Å²) in [5.74, 6) is -3.67. The van der Waals surface area contributed by atoms with Crippen LogP contribution in [0.3, 0.4) is 0 Å². The number of nitrogens with one attached hydrogen (secondary N) is 1. The number of aromatic nitrogens is 1. The Morgan fingerprint density at radius 2 is 1.75 bits per heavy atom. The van der Waals surface area contributed by atoms with Crippen molar-refractivity contribution in [1.29, 1.82) is 0 Å². The van der Waals surface area contributed by atoms with E-state index in [0.717, 1.165) is 39.5 Å². The number of nitrogens with zero attached hydrogens (tertiary/aromatic N) is 2. The number of hydrogen-bond donors (Lipinski definition) is 1. The third-order valence-electron chi connectivity index (χ3n) is 10.3. The predicted molar refractivity (Wildman–Crippen MR) is 171 cm³/mol. The summed E-state index contributed by atoms with van der Waals surface area (Å²) < 4.78 is 47.0. The average molecular weight is 694 g/mol. The number of fused-ring (bicyclic) bond motifs is 9. The summed E-state index contributed by atoms with van der Waals surface area (Å²) in [5, 5.41) is 12.4. The minimum atomic E-state index is -4.65. The number of thioether (sulfide) groups is 1. The van der Waals surface area contributed by atoms with E-state index in [9.17, 15) is 37.7 Å². The zero-order valence-corrected chi connectivity index (χ0v) is 26.7. The summed E-state index contributed by atoms with van der Waals surface area (Å²) in [6, 6.07) is 16.3. The number of nitro benzene ring substituents is 1. The number of benzene rings is 3. The topological polar surface area (TPSA) is 123 Å². The molecule has 2 bridgehead atoms. The van der Waals surface area contributed by atoms with E-state index in [2.05, 4.69) is 4.98 Å². The van der Waals surface area contributed by atoms with Gasteiger partial charge in [0.2, 0.25) is 11.8 Å². The van der Waals surface area contributed by atoms with Crippen molar-refractivity contribution in [2.75, 3.05) is 4.90 Å². The molecule has 0 spiro atoms. The van der Waals surface area contributed by atoms with Gasteiger partial charge in [0.15, 0.2) is 0 Å². The number of thiazole rings is 1. The van der Waals surface area contributed by atoms with Gasteiger partial charge in [-0.15, -0.1) is 11.8 Å². The maximum Gasteiger partial charge on any atom is 0.416 e. The van der Waals surface area contributed by atoms with Crippen LogP contribution in [0.1, 0.15) is 39.5 Å². The van der Waals surface area contributed by atoms with Crippen molar-refractivity contribution in [3.8, 4) is 5.75 Å². The van der Waals surface area contributed by atoms with Crippen LogP contribution in [0.15, 0.2) is 76.6 Å². The molecular weight excluding hydrogens is 668 g/mol. The second kappa shape index (κ2) is 11.1. The molecule has 246 valence electrons. The first-order valence-corrected chi connectivity index (χ1v) is 17.0. The monoisotopic (exact) mass is 693 g/mol. The van der Waals surface area contributed by atoms with Crippen molar-refractivity contribution in [2.24, 2.45) is 29.6 Å². The molecule has 3 heterocycles. The molecule has 2 saturated carbocycles. The van der Waals surface area contributed by atoms with E-state index in [4.69, 9.17) is 4.74 Å². The van der Waals surface area contributed by atoms with E-state index in [1.54, 1.807) is 6.07 Å². The van der Waals surface area contributed by atoms with Crippen molar-refractivity contribution < 1.29 is 32.4 Å². The fourth-order valence-corrected chi connectivity index (χ4v) is 11.3. The Hall–Kier alpha value is -4.43. The van der Waals surface area contributed by atoms with Crippen LogP contribution in [0.25, 0.3) is 0 Å². The van der Waals surface area contributed by atoms with Crippen LogP contribution < -0.4 is 14.5 Å².